The van der Waals surface area contributed by atoms with Crippen LogP contribution in [0, 0.1) is 6.92 Å². The minimum absolute atomic E-state index is 0.0698. The molecule has 6 heteroatoms. The number of hydrogen-bond donors (Lipinski definition) is 1. The molecule has 0 saturated heterocycles. The number of carbonyl (C=O) groups is 1. The van der Waals surface area contributed by atoms with Gasteiger partial charge in [-0.1, -0.05) is 48.4 Å². The molecule has 1 amide bonds. The number of hydrogen-bond acceptors (Lipinski definition) is 3. The number of carbonyl (C=O) groups excluding carboxylic acids is 1. The second-order valence-electron chi connectivity index (χ2n) is 5.76. The lowest BCUT2D eigenvalue weighted by molar-refractivity contribution is 0.0935. The van der Waals surface area contributed by atoms with Gasteiger partial charge in [0.25, 0.3) is 5.91 Å². The monoisotopic (exact) mass is 365 g/mol. The van der Waals surface area contributed by atoms with Gasteiger partial charge in [0.1, 0.15) is 0 Å². The first-order chi connectivity index (χ1) is 11.2. The van der Waals surface area contributed by atoms with Crippen LogP contribution < -0.4 is 5.32 Å². The van der Waals surface area contributed by atoms with Gasteiger partial charge in [-0.05, 0) is 37.1 Å². The lowest BCUT2D eigenvalue weighted by Gasteiger charge is -2.18. The van der Waals surface area contributed by atoms with Crippen molar-refractivity contribution >= 4 is 27.3 Å². The molecule has 0 spiro atoms. The summed E-state index contributed by atoms with van der Waals surface area (Å²) in [6.07, 6.45) is 1.80. The van der Waals surface area contributed by atoms with Crippen LogP contribution in [0.15, 0.2) is 47.4 Å². The van der Waals surface area contributed by atoms with Gasteiger partial charge in [0.15, 0.2) is 9.84 Å². The van der Waals surface area contributed by atoms with Crippen molar-refractivity contribution in [2.45, 2.75) is 31.2 Å². The Morgan fingerprint density at radius 3 is 2.33 bits per heavy atom. The van der Waals surface area contributed by atoms with E-state index in [-0.39, 0.29) is 21.5 Å². The highest BCUT2D eigenvalue weighted by Crippen LogP contribution is 2.23. The Balaban J connectivity index is 2.29. The minimum atomic E-state index is -3.41. The Bertz CT molecular complexity index is 845. The lowest BCUT2D eigenvalue weighted by Crippen LogP contribution is -2.28. The molecule has 4 nitrogen and oxygen atoms in total. The maximum Gasteiger partial charge on any atom is 0.253 e. The van der Waals surface area contributed by atoms with Crippen LogP contribution in [0.3, 0.4) is 0 Å². The third-order valence-corrected chi connectivity index (χ3v) is 5.24. The first-order valence-corrected chi connectivity index (χ1v) is 9.86. The van der Waals surface area contributed by atoms with Gasteiger partial charge in [-0.2, -0.15) is 0 Å². The van der Waals surface area contributed by atoms with E-state index in [4.69, 9.17) is 11.6 Å². The van der Waals surface area contributed by atoms with Crippen molar-refractivity contribution in [3.8, 4) is 0 Å². The molecule has 1 unspecified atom stereocenters. The lowest BCUT2D eigenvalue weighted by atomic mass is 10.0. The van der Waals surface area contributed by atoms with Crippen LogP contribution in [0.25, 0.3) is 0 Å². The quantitative estimate of drug-likeness (QED) is 0.873. The summed E-state index contributed by atoms with van der Waals surface area (Å²) in [5.41, 5.74) is 2.29. The molecule has 0 bridgehead atoms. The Labute approximate surface area is 147 Å². The first-order valence-electron chi connectivity index (χ1n) is 7.59. The summed E-state index contributed by atoms with van der Waals surface area (Å²) in [5, 5.41) is 3.14. The Morgan fingerprint density at radius 2 is 1.79 bits per heavy atom. The Kier molecular flexibility index (Phi) is 5.67. The molecule has 0 aromatic heterocycles. The molecule has 24 heavy (non-hydrogen) atoms. The summed E-state index contributed by atoms with van der Waals surface area (Å²) in [7, 11) is -3.41. The van der Waals surface area contributed by atoms with Crippen molar-refractivity contribution in [1.29, 1.82) is 0 Å². The van der Waals surface area contributed by atoms with Crippen molar-refractivity contribution in [2.24, 2.45) is 0 Å². The van der Waals surface area contributed by atoms with Gasteiger partial charge >= 0.3 is 0 Å². The fourth-order valence-corrected chi connectivity index (χ4v) is 3.22. The van der Waals surface area contributed by atoms with E-state index in [9.17, 15) is 13.2 Å². The zero-order valence-corrected chi connectivity index (χ0v) is 15.4. The molecule has 0 aliphatic carbocycles. The fourth-order valence-electron chi connectivity index (χ4n) is 2.36. The molecule has 0 aliphatic rings. The Hall–Kier alpha value is -1.85. The molecule has 0 heterocycles. The summed E-state index contributed by atoms with van der Waals surface area (Å²) in [6, 6.07) is 11.9. The molecule has 0 fully saturated rings. The summed E-state index contributed by atoms with van der Waals surface area (Å²) in [5.74, 6) is -0.391. The third kappa shape index (κ3) is 4.36. The van der Waals surface area contributed by atoms with E-state index in [2.05, 4.69) is 5.32 Å². The molecule has 0 saturated carbocycles. The van der Waals surface area contributed by atoms with E-state index in [1.54, 1.807) is 0 Å². The second-order valence-corrected chi connectivity index (χ2v) is 8.18. The molecule has 0 radical (unpaired) electrons. The molecule has 1 atom stereocenters. The number of halogens is 1. The molecular formula is C18H20ClNO3S. The maximum atomic E-state index is 12.6. The van der Waals surface area contributed by atoms with Gasteiger partial charge in [-0.15, -0.1) is 0 Å². The molecule has 1 N–H and O–H groups in total. The number of amides is 1. The van der Waals surface area contributed by atoms with Gasteiger partial charge in [-0.25, -0.2) is 8.42 Å². The summed E-state index contributed by atoms with van der Waals surface area (Å²) < 4.78 is 23.4. The van der Waals surface area contributed by atoms with Gasteiger partial charge in [-0.3, -0.25) is 4.79 Å². The van der Waals surface area contributed by atoms with Gasteiger partial charge in [0, 0.05) is 6.26 Å². The number of nitrogens with one attached hydrogen (secondary N) is 1. The normalized spacial score (nSPS) is 12.7. The SMILES string of the molecule is CCC(NC(=O)c1cc(S(C)(=O)=O)ccc1Cl)c1ccc(C)cc1. The van der Waals surface area contributed by atoms with E-state index < -0.39 is 15.7 Å². The largest absolute Gasteiger partial charge is 0.345 e. The zero-order valence-electron chi connectivity index (χ0n) is 13.8. The predicted octanol–water partition coefficient (Wildman–Crippen LogP) is 3.93. The topological polar surface area (TPSA) is 63.2 Å². The number of sulfone groups is 1. The van der Waals surface area contributed by atoms with Gasteiger partial charge in [0.05, 0.1) is 21.5 Å². The van der Waals surface area contributed by atoms with E-state index in [1.807, 2.05) is 38.1 Å². The molecule has 0 aliphatic heterocycles. The Morgan fingerprint density at radius 1 is 1.17 bits per heavy atom. The van der Waals surface area contributed by atoms with Crippen molar-refractivity contribution < 1.29 is 13.2 Å². The summed E-state index contributed by atoms with van der Waals surface area (Å²) >= 11 is 6.08. The van der Waals surface area contributed by atoms with Crippen LogP contribution in [-0.2, 0) is 9.84 Å². The van der Waals surface area contributed by atoms with Crippen LogP contribution in [0.4, 0.5) is 0 Å². The highest BCUT2D eigenvalue weighted by molar-refractivity contribution is 7.90. The molecule has 2 aromatic carbocycles. The number of rotatable bonds is 5. The van der Waals surface area contributed by atoms with E-state index in [0.717, 1.165) is 17.4 Å². The van der Waals surface area contributed by atoms with Crippen LogP contribution in [0.1, 0.15) is 40.9 Å². The molecular weight excluding hydrogens is 346 g/mol. The van der Waals surface area contributed by atoms with E-state index in [0.29, 0.717) is 6.42 Å². The summed E-state index contributed by atoms with van der Waals surface area (Å²) in [4.78, 5) is 12.6. The maximum absolute atomic E-state index is 12.6. The van der Waals surface area contributed by atoms with Gasteiger partial charge in [0.2, 0.25) is 0 Å². The minimum Gasteiger partial charge on any atom is -0.345 e. The van der Waals surface area contributed by atoms with Crippen LogP contribution in [0.2, 0.25) is 5.02 Å². The average molecular weight is 366 g/mol. The standard InChI is InChI=1S/C18H20ClNO3S/c1-4-17(13-7-5-12(2)6-8-13)20-18(21)15-11-14(24(3,22)23)9-10-16(15)19/h5-11,17H,4H2,1-3H3,(H,20,21). The van der Waals surface area contributed by atoms with Gasteiger partial charge < -0.3 is 5.32 Å². The average Bonchev–Trinajstić information content (AvgIpc) is 2.52. The van der Waals surface area contributed by atoms with Crippen molar-refractivity contribution in [3.05, 3.63) is 64.2 Å². The summed E-state index contributed by atoms with van der Waals surface area (Å²) in [6.45, 7) is 3.97. The second kappa shape index (κ2) is 7.36. The van der Waals surface area contributed by atoms with Crippen LogP contribution in [0.5, 0.6) is 0 Å². The molecule has 2 aromatic rings. The van der Waals surface area contributed by atoms with Crippen molar-refractivity contribution in [2.75, 3.05) is 6.26 Å². The van der Waals surface area contributed by atoms with Crippen molar-refractivity contribution in [1.82, 2.24) is 5.32 Å². The number of aryl methyl sites for hydroxylation is 1. The highest BCUT2D eigenvalue weighted by Gasteiger charge is 2.18. The van der Waals surface area contributed by atoms with E-state index in [1.165, 1.54) is 18.2 Å². The number of benzene rings is 2. The molecule has 128 valence electrons. The smallest absolute Gasteiger partial charge is 0.253 e. The van der Waals surface area contributed by atoms with Crippen LogP contribution >= 0.6 is 11.6 Å². The zero-order chi connectivity index (χ0) is 17.9. The third-order valence-electron chi connectivity index (χ3n) is 3.80. The van der Waals surface area contributed by atoms with Crippen LogP contribution in [-0.4, -0.2) is 20.6 Å². The predicted molar refractivity (Wildman–Crippen MR) is 96.2 cm³/mol. The first kappa shape index (κ1) is 18.5. The highest BCUT2D eigenvalue weighted by atomic mass is 35.5. The fraction of sp³-hybridized carbons (Fsp3) is 0.278. The van der Waals surface area contributed by atoms with E-state index >= 15 is 0 Å². The van der Waals surface area contributed by atoms with Crippen molar-refractivity contribution in [3.63, 3.8) is 0 Å². The molecule has 2 rings (SSSR count).